The second-order valence-electron chi connectivity index (χ2n) is 6.11. The average Bonchev–Trinajstić information content (AvgIpc) is 2.45. The number of rotatable bonds is 5. The number of aryl methyl sites for hydroxylation is 1. The predicted octanol–water partition coefficient (Wildman–Crippen LogP) is 3.18. The van der Waals surface area contributed by atoms with Crippen molar-refractivity contribution in [1.29, 1.82) is 0 Å². The van der Waals surface area contributed by atoms with Gasteiger partial charge in [0.25, 0.3) is 0 Å². The summed E-state index contributed by atoms with van der Waals surface area (Å²) in [5, 5.41) is 0. The lowest BCUT2D eigenvalue weighted by Gasteiger charge is -2.40. The Hall–Kier alpha value is -1.71. The van der Waals surface area contributed by atoms with Gasteiger partial charge >= 0.3 is 5.97 Å². The van der Waals surface area contributed by atoms with Crippen molar-refractivity contribution < 1.29 is 14.3 Å². The van der Waals surface area contributed by atoms with E-state index in [4.69, 9.17) is 4.74 Å². The number of likely N-dealkylation sites (N-methyl/N-ethyl adjacent to an activating group) is 1. The standard InChI is InChI=1S/C17H25NO3/c1-5-18-12-17(2,3)21-15-10-9-13(11-14(15)18)7-6-8-16(19)20-4/h9-11H,5-8,12H2,1-4H3. The van der Waals surface area contributed by atoms with Crippen LogP contribution in [0, 0.1) is 0 Å². The second-order valence-corrected chi connectivity index (χ2v) is 6.11. The molecule has 1 aromatic rings. The summed E-state index contributed by atoms with van der Waals surface area (Å²) < 4.78 is 10.7. The highest BCUT2D eigenvalue weighted by molar-refractivity contribution is 5.69. The van der Waals surface area contributed by atoms with Gasteiger partial charge in [-0.25, -0.2) is 0 Å². The van der Waals surface area contributed by atoms with Gasteiger partial charge < -0.3 is 14.4 Å². The highest BCUT2D eigenvalue weighted by Gasteiger charge is 2.30. The highest BCUT2D eigenvalue weighted by atomic mass is 16.5. The average molecular weight is 291 g/mol. The molecule has 1 heterocycles. The number of anilines is 1. The Labute approximate surface area is 127 Å². The van der Waals surface area contributed by atoms with E-state index in [9.17, 15) is 4.79 Å². The molecular weight excluding hydrogens is 266 g/mol. The van der Waals surface area contributed by atoms with Crippen LogP contribution < -0.4 is 9.64 Å². The Bertz CT molecular complexity index is 511. The van der Waals surface area contributed by atoms with Crippen LogP contribution >= 0.6 is 0 Å². The third-order valence-corrected chi connectivity index (χ3v) is 3.78. The molecule has 0 unspecified atom stereocenters. The number of hydrogen-bond acceptors (Lipinski definition) is 4. The fourth-order valence-corrected chi connectivity index (χ4v) is 2.75. The summed E-state index contributed by atoms with van der Waals surface area (Å²) >= 11 is 0. The van der Waals surface area contributed by atoms with E-state index in [0.717, 1.165) is 37.4 Å². The van der Waals surface area contributed by atoms with Gasteiger partial charge in [0.2, 0.25) is 0 Å². The van der Waals surface area contributed by atoms with Gasteiger partial charge in [0, 0.05) is 13.0 Å². The molecule has 0 atom stereocenters. The van der Waals surface area contributed by atoms with Crippen molar-refractivity contribution >= 4 is 11.7 Å². The first kappa shape index (κ1) is 15.7. The molecule has 0 saturated heterocycles. The summed E-state index contributed by atoms with van der Waals surface area (Å²) in [4.78, 5) is 13.5. The molecule has 4 heteroatoms. The van der Waals surface area contributed by atoms with Crippen molar-refractivity contribution in [1.82, 2.24) is 0 Å². The molecule has 116 valence electrons. The zero-order valence-corrected chi connectivity index (χ0v) is 13.4. The minimum Gasteiger partial charge on any atom is -0.484 e. The molecule has 0 spiro atoms. The minimum absolute atomic E-state index is 0.145. The Balaban J connectivity index is 2.09. The van der Waals surface area contributed by atoms with Gasteiger partial charge in [0.15, 0.2) is 0 Å². The minimum atomic E-state index is -0.157. The zero-order valence-electron chi connectivity index (χ0n) is 13.4. The maximum atomic E-state index is 11.2. The van der Waals surface area contributed by atoms with E-state index in [2.05, 4.69) is 42.5 Å². The van der Waals surface area contributed by atoms with Crippen LogP contribution in [0.25, 0.3) is 0 Å². The molecule has 0 amide bonds. The van der Waals surface area contributed by atoms with Crippen LogP contribution in [-0.4, -0.2) is 31.8 Å². The molecule has 0 saturated carbocycles. The van der Waals surface area contributed by atoms with E-state index >= 15 is 0 Å². The van der Waals surface area contributed by atoms with Crippen molar-refractivity contribution in [3.05, 3.63) is 23.8 Å². The van der Waals surface area contributed by atoms with Crippen molar-refractivity contribution in [2.45, 2.75) is 45.6 Å². The summed E-state index contributed by atoms with van der Waals surface area (Å²) in [5.74, 6) is 0.804. The number of carbonyl (C=O) groups excluding carboxylic acids is 1. The fraction of sp³-hybridized carbons (Fsp3) is 0.588. The van der Waals surface area contributed by atoms with Crippen LogP contribution in [0.4, 0.5) is 5.69 Å². The van der Waals surface area contributed by atoms with Gasteiger partial charge in [0.05, 0.1) is 19.3 Å². The van der Waals surface area contributed by atoms with Crippen molar-refractivity contribution in [3.63, 3.8) is 0 Å². The molecule has 0 fully saturated rings. The molecule has 1 aliphatic heterocycles. The van der Waals surface area contributed by atoms with Gasteiger partial charge in [-0.15, -0.1) is 0 Å². The first-order chi connectivity index (χ1) is 9.95. The third-order valence-electron chi connectivity index (χ3n) is 3.78. The Morgan fingerprint density at radius 2 is 2.19 bits per heavy atom. The molecule has 0 aromatic heterocycles. The summed E-state index contributed by atoms with van der Waals surface area (Å²) in [6.07, 6.45) is 2.15. The zero-order chi connectivity index (χ0) is 15.5. The van der Waals surface area contributed by atoms with E-state index in [0.29, 0.717) is 6.42 Å². The van der Waals surface area contributed by atoms with Gasteiger partial charge in [-0.05, 0) is 51.3 Å². The number of ether oxygens (including phenoxy) is 2. The number of carbonyl (C=O) groups is 1. The quantitative estimate of drug-likeness (QED) is 0.781. The molecule has 1 aromatic carbocycles. The Kier molecular flexibility index (Phi) is 4.76. The molecule has 4 nitrogen and oxygen atoms in total. The van der Waals surface area contributed by atoms with E-state index in [1.54, 1.807) is 0 Å². The molecule has 2 rings (SSSR count). The lowest BCUT2D eigenvalue weighted by Crippen LogP contribution is -2.46. The maximum absolute atomic E-state index is 11.2. The van der Waals surface area contributed by atoms with E-state index in [1.807, 2.05) is 6.07 Å². The predicted molar refractivity (Wildman–Crippen MR) is 84.0 cm³/mol. The van der Waals surface area contributed by atoms with Gasteiger partial charge in [0.1, 0.15) is 11.4 Å². The first-order valence-electron chi connectivity index (χ1n) is 7.59. The van der Waals surface area contributed by atoms with Crippen LogP contribution in [-0.2, 0) is 16.0 Å². The van der Waals surface area contributed by atoms with E-state index in [1.165, 1.54) is 12.7 Å². The summed E-state index contributed by atoms with van der Waals surface area (Å²) in [6, 6.07) is 6.32. The number of methoxy groups -OCH3 is 1. The van der Waals surface area contributed by atoms with Crippen LogP contribution in [0.1, 0.15) is 39.2 Å². The Morgan fingerprint density at radius 3 is 2.86 bits per heavy atom. The largest absolute Gasteiger partial charge is 0.484 e. The number of hydrogen-bond donors (Lipinski definition) is 0. The number of nitrogens with zero attached hydrogens (tertiary/aromatic N) is 1. The topological polar surface area (TPSA) is 38.8 Å². The third kappa shape index (κ3) is 3.90. The SMILES string of the molecule is CCN1CC(C)(C)Oc2ccc(CCCC(=O)OC)cc21. The van der Waals surface area contributed by atoms with Crippen LogP contribution in [0.3, 0.4) is 0 Å². The first-order valence-corrected chi connectivity index (χ1v) is 7.59. The lowest BCUT2D eigenvalue weighted by atomic mass is 10.0. The molecular formula is C17H25NO3. The molecule has 0 bridgehead atoms. The smallest absolute Gasteiger partial charge is 0.305 e. The summed E-state index contributed by atoms with van der Waals surface area (Å²) in [6.45, 7) is 8.24. The summed E-state index contributed by atoms with van der Waals surface area (Å²) in [5.41, 5.74) is 2.24. The van der Waals surface area contributed by atoms with Gasteiger partial charge in [-0.3, -0.25) is 4.79 Å². The maximum Gasteiger partial charge on any atom is 0.305 e. The molecule has 0 aliphatic carbocycles. The number of benzene rings is 1. The highest BCUT2D eigenvalue weighted by Crippen LogP contribution is 2.37. The van der Waals surface area contributed by atoms with E-state index in [-0.39, 0.29) is 11.6 Å². The van der Waals surface area contributed by atoms with Gasteiger partial charge in [-0.1, -0.05) is 6.07 Å². The monoisotopic (exact) mass is 291 g/mol. The number of esters is 1. The lowest BCUT2D eigenvalue weighted by molar-refractivity contribution is -0.140. The second kappa shape index (κ2) is 6.37. The normalized spacial score (nSPS) is 16.1. The van der Waals surface area contributed by atoms with Crippen LogP contribution in [0.5, 0.6) is 5.75 Å². The Morgan fingerprint density at radius 1 is 1.43 bits per heavy atom. The van der Waals surface area contributed by atoms with Crippen molar-refractivity contribution in [3.8, 4) is 5.75 Å². The van der Waals surface area contributed by atoms with Crippen LogP contribution in [0.15, 0.2) is 18.2 Å². The summed E-state index contributed by atoms with van der Waals surface area (Å²) in [7, 11) is 1.43. The molecule has 0 radical (unpaired) electrons. The van der Waals surface area contributed by atoms with E-state index < -0.39 is 0 Å². The fourth-order valence-electron chi connectivity index (χ4n) is 2.75. The van der Waals surface area contributed by atoms with Crippen LogP contribution in [0.2, 0.25) is 0 Å². The molecule has 21 heavy (non-hydrogen) atoms. The molecule has 0 N–H and O–H groups in total. The van der Waals surface area contributed by atoms with Gasteiger partial charge in [-0.2, -0.15) is 0 Å². The molecule has 1 aliphatic rings. The van der Waals surface area contributed by atoms with Crippen molar-refractivity contribution in [2.24, 2.45) is 0 Å². The van der Waals surface area contributed by atoms with Crippen molar-refractivity contribution in [2.75, 3.05) is 25.1 Å². The number of fused-ring (bicyclic) bond motifs is 1.